The first-order valence-electron chi connectivity index (χ1n) is 6.80. The van der Waals surface area contributed by atoms with Gasteiger partial charge in [0.05, 0.1) is 5.69 Å². The van der Waals surface area contributed by atoms with E-state index in [4.69, 9.17) is 0 Å². The number of hydrogen-bond acceptors (Lipinski definition) is 2. The fraction of sp³-hybridized carbons (Fsp3) is 0.438. The maximum absolute atomic E-state index is 13.7. The van der Waals surface area contributed by atoms with Crippen LogP contribution >= 0.6 is 0 Å². The highest BCUT2D eigenvalue weighted by atomic mass is 19.1. The van der Waals surface area contributed by atoms with Gasteiger partial charge in [0.1, 0.15) is 5.82 Å². The van der Waals surface area contributed by atoms with E-state index in [1.54, 1.807) is 23.7 Å². The lowest BCUT2D eigenvalue weighted by atomic mass is 10.0. The number of hydrogen-bond donors (Lipinski definition) is 1. The van der Waals surface area contributed by atoms with Crippen LogP contribution in [0.15, 0.2) is 24.4 Å². The summed E-state index contributed by atoms with van der Waals surface area (Å²) in [6.07, 6.45) is 1.98. The number of nitrogens with zero attached hydrogens (tertiary/aromatic N) is 2. The third kappa shape index (κ3) is 3.45. The lowest BCUT2D eigenvalue weighted by Gasteiger charge is -2.20. The Morgan fingerprint density at radius 1 is 1.30 bits per heavy atom. The van der Waals surface area contributed by atoms with E-state index in [-0.39, 0.29) is 11.4 Å². The minimum Gasteiger partial charge on any atom is -0.308 e. The molecule has 0 aliphatic carbocycles. The topological polar surface area (TPSA) is 29.9 Å². The van der Waals surface area contributed by atoms with Gasteiger partial charge in [-0.25, -0.2) is 4.39 Å². The van der Waals surface area contributed by atoms with Crippen LogP contribution in [0.3, 0.4) is 0 Å². The van der Waals surface area contributed by atoms with Crippen molar-refractivity contribution in [3.63, 3.8) is 0 Å². The Morgan fingerprint density at radius 2 is 2.00 bits per heavy atom. The van der Waals surface area contributed by atoms with Gasteiger partial charge in [0, 0.05) is 36.5 Å². The summed E-state index contributed by atoms with van der Waals surface area (Å²) >= 11 is 0. The second kappa shape index (κ2) is 5.37. The van der Waals surface area contributed by atoms with Crippen molar-refractivity contribution in [2.75, 3.05) is 0 Å². The average Bonchev–Trinajstić information content (AvgIpc) is 2.71. The molecule has 4 heteroatoms. The molecule has 0 spiro atoms. The quantitative estimate of drug-likeness (QED) is 0.930. The van der Waals surface area contributed by atoms with Gasteiger partial charge in [-0.1, -0.05) is 12.1 Å². The summed E-state index contributed by atoms with van der Waals surface area (Å²) in [4.78, 5) is 0. The average molecular weight is 275 g/mol. The SMILES string of the molecule is Cc1ccc(-c2nn(C)cc2CNC(C)(C)C)cc1F. The van der Waals surface area contributed by atoms with Crippen molar-refractivity contribution < 1.29 is 4.39 Å². The first kappa shape index (κ1) is 14.7. The van der Waals surface area contributed by atoms with E-state index in [1.165, 1.54) is 0 Å². The number of nitrogens with one attached hydrogen (secondary N) is 1. The van der Waals surface area contributed by atoms with Gasteiger partial charge in [0.25, 0.3) is 0 Å². The largest absolute Gasteiger partial charge is 0.308 e. The minimum atomic E-state index is -0.192. The molecule has 2 rings (SSSR count). The van der Waals surface area contributed by atoms with E-state index < -0.39 is 0 Å². The number of aromatic nitrogens is 2. The van der Waals surface area contributed by atoms with Crippen LogP contribution in [0, 0.1) is 12.7 Å². The molecule has 0 unspecified atom stereocenters. The van der Waals surface area contributed by atoms with Crippen LogP contribution in [-0.4, -0.2) is 15.3 Å². The van der Waals surface area contributed by atoms with E-state index in [2.05, 4.69) is 31.2 Å². The van der Waals surface area contributed by atoms with Gasteiger partial charge in [-0.15, -0.1) is 0 Å². The van der Waals surface area contributed by atoms with Crippen molar-refractivity contribution in [2.24, 2.45) is 7.05 Å². The predicted molar refractivity (Wildman–Crippen MR) is 79.9 cm³/mol. The van der Waals surface area contributed by atoms with Crippen LogP contribution in [-0.2, 0) is 13.6 Å². The van der Waals surface area contributed by atoms with Gasteiger partial charge in [-0.2, -0.15) is 5.10 Å². The molecule has 0 aliphatic rings. The molecule has 1 aromatic carbocycles. The molecule has 0 fully saturated rings. The molecule has 0 bridgehead atoms. The molecular weight excluding hydrogens is 253 g/mol. The molecule has 2 aromatic rings. The standard InChI is InChI=1S/C16H22FN3/c1-11-6-7-12(8-14(11)17)15-13(10-20(5)19-15)9-18-16(2,3)4/h6-8,10,18H,9H2,1-5H3. The Morgan fingerprint density at radius 3 is 2.60 bits per heavy atom. The first-order valence-corrected chi connectivity index (χ1v) is 6.80. The van der Waals surface area contributed by atoms with Crippen molar-refractivity contribution in [1.29, 1.82) is 0 Å². The molecule has 0 amide bonds. The Bertz CT molecular complexity index is 609. The highest BCUT2D eigenvalue weighted by molar-refractivity contribution is 5.63. The maximum Gasteiger partial charge on any atom is 0.126 e. The fourth-order valence-corrected chi connectivity index (χ4v) is 2.01. The Balaban J connectivity index is 2.33. The normalized spacial score (nSPS) is 11.9. The summed E-state index contributed by atoms with van der Waals surface area (Å²) in [6, 6.07) is 5.26. The summed E-state index contributed by atoms with van der Waals surface area (Å²) in [5.74, 6) is -0.192. The third-order valence-electron chi connectivity index (χ3n) is 3.16. The second-order valence-electron chi connectivity index (χ2n) is 6.24. The summed E-state index contributed by atoms with van der Waals surface area (Å²) in [7, 11) is 1.88. The molecule has 3 nitrogen and oxygen atoms in total. The van der Waals surface area contributed by atoms with E-state index in [1.807, 2.05) is 19.3 Å². The van der Waals surface area contributed by atoms with Gasteiger partial charge >= 0.3 is 0 Å². The number of benzene rings is 1. The Labute approximate surface area is 119 Å². The van der Waals surface area contributed by atoms with Crippen molar-refractivity contribution in [3.8, 4) is 11.3 Å². The van der Waals surface area contributed by atoms with Gasteiger partial charge < -0.3 is 5.32 Å². The lowest BCUT2D eigenvalue weighted by Crippen LogP contribution is -2.35. The van der Waals surface area contributed by atoms with E-state index in [0.29, 0.717) is 12.1 Å². The van der Waals surface area contributed by atoms with Crippen molar-refractivity contribution in [3.05, 3.63) is 41.3 Å². The lowest BCUT2D eigenvalue weighted by molar-refractivity contribution is 0.424. The van der Waals surface area contributed by atoms with Crippen molar-refractivity contribution in [2.45, 2.75) is 39.8 Å². The summed E-state index contributed by atoms with van der Waals surface area (Å²) in [5.41, 5.74) is 3.42. The summed E-state index contributed by atoms with van der Waals surface area (Å²) < 4.78 is 15.5. The Kier molecular flexibility index (Phi) is 3.95. The van der Waals surface area contributed by atoms with Crippen molar-refractivity contribution in [1.82, 2.24) is 15.1 Å². The van der Waals surface area contributed by atoms with Gasteiger partial charge in [-0.05, 0) is 39.3 Å². The highest BCUT2D eigenvalue weighted by Gasteiger charge is 2.14. The number of rotatable bonds is 3. The van der Waals surface area contributed by atoms with Crippen LogP contribution in [0.5, 0.6) is 0 Å². The molecule has 0 saturated heterocycles. The van der Waals surface area contributed by atoms with E-state index in [0.717, 1.165) is 16.8 Å². The third-order valence-corrected chi connectivity index (χ3v) is 3.16. The maximum atomic E-state index is 13.7. The summed E-state index contributed by atoms with van der Waals surface area (Å²) in [5, 5.41) is 7.90. The van der Waals surface area contributed by atoms with Crippen LogP contribution in [0.2, 0.25) is 0 Å². The smallest absolute Gasteiger partial charge is 0.126 e. The molecule has 20 heavy (non-hydrogen) atoms. The highest BCUT2D eigenvalue weighted by Crippen LogP contribution is 2.24. The molecule has 0 atom stereocenters. The minimum absolute atomic E-state index is 0.0334. The number of halogens is 1. The zero-order valence-electron chi connectivity index (χ0n) is 12.8. The predicted octanol–water partition coefficient (Wildman–Crippen LogP) is 3.42. The van der Waals surface area contributed by atoms with E-state index >= 15 is 0 Å². The molecule has 1 heterocycles. The second-order valence-corrected chi connectivity index (χ2v) is 6.24. The molecule has 108 valence electrons. The first-order chi connectivity index (χ1) is 9.26. The fourth-order valence-electron chi connectivity index (χ4n) is 2.01. The Hall–Kier alpha value is -1.68. The zero-order valence-corrected chi connectivity index (χ0v) is 12.8. The molecule has 1 aromatic heterocycles. The monoisotopic (exact) mass is 275 g/mol. The van der Waals surface area contributed by atoms with Gasteiger partial charge in [0.15, 0.2) is 0 Å². The number of aryl methyl sites for hydroxylation is 2. The molecule has 0 saturated carbocycles. The van der Waals surface area contributed by atoms with Crippen LogP contribution in [0.4, 0.5) is 4.39 Å². The van der Waals surface area contributed by atoms with Crippen LogP contribution in [0.1, 0.15) is 31.9 Å². The van der Waals surface area contributed by atoms with Crippen LogP contribution in [0.25, 0.3) is 11.3 Å². The molecular formula is C16H22FN3. The van der Waals surface area contributed by atoms with Crippen molar-refractivity contribution >= 4 is 0 Å². The molecule has 0 aliphatic heterocycles. The van der Waals surface area contributed by atoms with Crippen LogP contribution < -0.4 is 5.32 Å². The summed E-state index contributed by atoms with van der Waals surface area (Å²) in [6.45, 7) is 8.83. The van der Waals surface area contributed by atoms with Gasteiger partial charge in [-0.3, -0.25) is 4.68 Å². The molecule has 1 N–H and O–H groups in total. The zero-order chi connectivity index (χ0) is 14.9. The van der Waals surface area contributed by atoms with E-state index in [9.17, 15) is 4.39 Å². The van der Waals surface area contributed by atoms with Gasteiger partial charge in [0.2, 0.25) is 0 Å². The molecule has 0 radical (unpaired) electrons.